The maximum atomic E-state index is 13.6. The predicted octanol–water partition coefficient (Wildman–Crippen LogP) is 7.21. The van der Waals surface area contributed by atoms with Crippen molar-refractivity contribution >= 4 is 33.1 Å². The molecule has 3 aromatic rings. The molecule has 0 saturated carbocycles. The van der Waals surface area contributed by atoms with Gasteiger partial charge in [0.25, 0.3) is 0 Å². The van der Waals surface area contributed by atoms with Crippen molar-refractivity contribution in [3.05, 3.63) is 78.4 Å². The van der Waals surface area contributed by atoms with Crippen LogP contribution in [-0.4, -0.2) is 0 Å². The quantitative estimate of drug-likeness (QED) is 0.310. The summed E-state index contributed by atoms with van der Waals surface area (Å²) in [6.07, 6.45) is 0. The molecule has 0 spiro atoms. The van der Waals surface area contributed by atoms with Gasteiger partial charge in [-0.15, -0.1) is 25.3 Å². The second-order valence-electron chi connectivity index (χ2n) is 7.44. The van der Waals surface area contributed by atoms with Crippen LogP contribution in [0.5, 0.6) is 17.2 Å². The lowest BCUT2D eigenvalue weighted by molar-refractivity contribution is 0.293. The van der Waals surface area contributed by atoms with Crippen molar-refractivity contribution in [2.45, 2.75) is 36.0 Å². The zero-order valence-corrected chi connectivity index (χ0v) is 19.1. The Kier molecular flexibility index (Phi) is 6.57. The first kappa shape index (κ1) is 21.7. The Bertz CT molecular complexity index is 949. The standard InChI is InChI=1S/C22H23O4PS2/c1-22(2,3)16-14-19(28)21(20(29)15-16)26-27(23,24-17-10-6-4-7-11-17)25-18-12-8-5-9-13-18/h4-15,28-29H,1-3H3. The lowest BCUT2D eigenvalue weighted by Gasteiger charge is -2.24. The van der Waals surface area contributed by atoms with Crippen molar-refractivity contribution in [3.63, 3.8) is 0 Å². The van der Waals surface area contributed by atoms with Crippen LogP contribution >= 0.6 is 33.1 Å². The third kappa shape index (κ3) is 5.75. The highest BCUT2D eigenvalue weighted by atomic mass is 32.1. The fourth-order valence-electron chi connectivity index (χ4n) is 2.51. The fourth-order valence-corrected chi connectivity index (χ4v) is 4.65. The van der Waals surface area contributed by atoms with E-state index in [-0.39, 0.29) is 11.2 Å². The van der Waals surface area contributed by atoms with Crippen LogP contribution < -0.4 is 13.6 Å². The number of phosphoric acid groups is 1. The minimum atomic E-state index is -4.09. The van der Waals surface area contributed by atoms with Crippen LogP contribution in [0.4, 0.5) is 0 Å². The van der Waals surface area contributed by atoms with Crippen LogP contribution in [0.2, 0.25) is 0 Å². The number of thiol groups is 2. The van der Waals surface area contributed by atoms with E-state index in [9.17, 15) is 4.57 Å². The molecular weight excluding hydrogens is 423 g/mol. The Hall–Kier alpha value is -2.01. The number of phosphoric ester groups is 1. The smallest absolute Gasteiger partial charge is 0.386 e. The summed E-state index contributed by atoms with van der Waals surface area (Å²) in [7, 11) is -4.09. The van der Waals surface area contributed by atoms with Crippen molar-refractivity contribution in [2.24, 2.45) is 0 Å². The number of para-hydroxylation sites is 2. The summed E-state index contributed by atoms with van der Waals surface area (Å²) in [5.41, 5.74) is 0.931. The van der Waals surface area contributed by atoms with Gasteiger partial charge in [-0.25, -0.2) is 0 Å². The van der Waals surface area contributed by atoms with E-state index in [1.165, 1.54) is 0 Å². The van der Waals surface area contributed by atoms with Gasteiger partial charge >= 0.3 is 7.82 Å². The zero-order valence-electron chi connectivity index (χ0n) is 16.4. The first-order valence-corrected chi connectivity index (χ1v) is 11.4. The zero-order chi connectivity index (χ0) is 21.1. The van der Waals surface area contributed by atoms with Gasteiger partial charge in [0.15, 0.2) is 5.75 Å². The predicted molar refractivity (Wildman–Crippen MR) is 122 cm³/mol. The molecule has 0 bridgehead atoms. The topological polar surface area (TPSA) is 44.8 Å². The molecule has 29 heavy (non-hydrogen) atoms. The summed E-state index contributed by atoms with van der Waals surface area (Å²) in [5.74, 6) is 0.957. The largest absolute Gasteiger partial charge is 0.647 e. The van der Waals surface area contributed by atoms with E-state index in [2.05, 4.69) is 46.0 Å². The van der Waals surface area contributed by atoms with Gasteiger partial charge in [0.1, 0.15) is 11.5 Å². The molecular formula is C22H23O4PS2. The molecule has 7 heteroatoms. The highest BCUT2D eigenvalue weighted by molar-refractivity contribution is 7.81. The van der Waals surface area contributed by atoms with E-state index in [4.69, 9.17) is 13.6 Å². The van der Waals surface area contributed by atoms with E-state index < -0.39 is 7.82 Å². The highest BCUT2D eigenvalue weighted by Gasteiger charge is 2.35. The van der Waals surface area contributed by atoms with Gasteiger partial charge in [-0.3, -0.25) is 0 Å². The van der Waals surface area contributed by atoms with Crippen molar-refractivity contribution in [2.75, 3.05) is 0 Å². The van der Waals surface area contributed by atoms with Gasteiger partial charge in [0.05, 0.1) is 0 Å². The maximum Gasteiger partial charge on any atom is 0.647 e. The van der Waals surface area contributed by atoms with E-state index in [1.807, 2.05) is 24.3 Å². The van der Waals surface area contributed by atoms with Gasteiger partial charge in [0, 0.05) is 9.79 Å². The molecule has 0 radical (unpaired) electrons. The first-order chi connectivity index (χ1) is 13.7. The Morgan fingerprint density at radius 1 is 0.724 bits per heavy atom. The van der Waals surface area contributed by atoms with Gasteiger partial charge in [-0.2, -0.15) is 4.57 Å². The number of hydrogen-bond donors (Lipinski definition) is 2. The van der Waals surface area contributed by atoms with Crippen molar-refractivity contribution < 1.29 is 18.1 Å². The van der Waals surface area contributed by atoms with Crippen LogP contribution in [0.3, 0.4) is 0 Å². The summed E-state index contributed by atoms with van der Waals surface area (Å²) in [6.45, 7) is 6.27. The lowest BCUT2D eigenvalue weighted by atomic mass is 9.87. The molecule has 0 aliphatic heterocycles. The van der Waals surface area contributed by atoms with Crippen LogP contribution in [0, 0.1) is 0 Å². The summed E-state index contributed by atoms with van der Waals surface area (Å²) < 4.78 is 30.7. The average molecular weight is 447 g/mol. The first-order valence-electron chi connectivity index (χ1n) is 9.02. The molecule has 0 saturated heterocycles. The van der Waals surface area contributed by atoms with Gasteiger partial charge in [-0.05, 0) is 47.4 Å². The molecule has 0 aliphatic carbocycles. The molecule has 4 nitrogen and oxygen atoms in total. The SMILES string of the molecule is CC(C)(C)c1cc(S)c(OP(=O)(Oc2ccccc2)Oc2ccccc2)c(S)c1. The molecule has 152 valence electrons. The summed E-state index contributed by atoms with van der Waals surface area (Å²) in [6, 6.07) is 21.2. The normalized spacial score (nSPS) is 11.8. The lowest BCUT2D eigenvalue weighted by Crippen LogP contribution is -2.12. The minimum Gasteiger partial charge on any atom is -0.386 e. The van der Waals surface area contributed by atoms with Crippen molar-refractivity contribution in [1.82, 2.24) is 0 Å². The second-order valence-corrected chi connectivity index (χ2v) is 9.85. The third-order valence-electron chi connectivity index (χ3n) is 4.04. The Labute approximate surface area is 182 Å². The number of rotatable bonds is 6. The molecule has 0 aromatic heterocycles. The second kappa shape index (κ2) is 8.78. The van der Waals surface area contributed by atoms with Crippen molar-refractivity contribution in [3.8, 4) is 17.2 Å². The molecule has 0 heterocycles. The van der Waals surface area contributed by atoms with Crippen LogP contribution in [0.15, 0.2) is 82.6 Å². The minimum absolute atomic E-state index is 0.0989. The van der Waals surface area contributed by atoms with E-state index in [0.717, 1.165) is 5.56 Å². The molecule has 0 fully saturated rings. The van der Waals surface area contributed by atoms with Gasteiger partial charge in [0.2, 0.25) is 0 Å². The average Bonchev–Trinajstić information content (AvgIpc) is 2.65. The monoisotopic (exact) mass is 446 g/mol. The van der Waals surface area contributed by atoms with E-state index in [1.54, 1.807) is 48.5 Å². The molecule has 0 unspecified atom stereocenters. The van der Waals surface area contributed by atoms with Crippen molar-refractivity contribution in [1.29, 1.82) is 0 Å². The van der Waals surface area contributed by atoms with E-state index >= 15 is 0 Å². The van der Waals surface area contributed by atoms with Crippen LogP contribution in [0.25, 0.3) is 0 Å². The molecule has 0 N–H and O–H groups in total. The summed E-state index contributed by atoms with van der Waals surface area (Å²) in [5, 5.41) is 0. The summed E-state index contributed by atoms with van der Waals surface area (Å²) >= 11 is 9.05. The summed E-state index contributed by atoms with van der Waals surface area (Å²) in [4.78, 5) is 0.993. The molecule has 3 aromatic carbocycles. The van der Waals surface area contributed by atoms with Gasteiger partial charge in [-0.1, -0.05) is 57.2 Å². The third-order valence-corrected chi connectivity index (χ3v) is 5.98. The van der Waals surface area contributed by atoms with Gasteiger partial charge < -0.3 is 13.6 Å². The Morgan fingerprint density at radius 3 is 1.52 bits per heavy atom. The van der Waals surface area contributed by atoms with Crippen LogP contribution in [-0.2, 0) is 9.98 Å². The van der Waals surface area contributed by atoms with Crippen LogP contribution in [0.1, 0.15) is 26.3 Å². The molecule has 0 amide bonds. The fraction of sp³-hybridized carbons (Fsp3) is 0.182. The number of benzene rings is 3. The van der Waals surface area contributed by atoms with E-state index in [0.29, 0.717) is 21.3 Å². The molecule has 0 aliphatic rings. The Morgan fingerprint density at radius 2 is 1.14 bits per heavy atom. The maximum absolute atomic E-state index is 13.6. The molecule has 3 rings (SSSR count). The highest BCUT2D eigenvalue weighted by Crippen LogP contribution is 2.52. The number of hydrogen-bond acceptors (Lipinski definition) is 6. The Balaban J connectivity index is 1.98. The molecule has 0 atom stereocenters.